The number of hydrogen-bond donors (Lipinski definition) is 5. The largest absolute Gasteiger partial charge is 0.480 e. The number of nitrogens with two attached hydrogens (primary N) is 2. The van der Waals surface area contributed by atoms with Gasteiger partial charge in [-0.3, -0.25) is 19.1 Å². The van der Waals surface area contributed by atoms with E-state index in [1.54, 1.807) is 62.3 Å². The predicted octanol–water partition coefficient (Wildman–Crippen LogP) is 8.84. The van der Waals surface area contributed by atoms with Gasteiger partial charge in [0.1, 0.15) is 46.6 Å². The lowest BCUT2D eigenvalue weighted by atomic mass is 9.99. The van der Waals surface area contributed by atoms with E-state index in [0.29, 0.717) is 51.7 Å². The lowest BCUT2D eigenvalue weighted by Gasteiger charge is -2.27. The van der Waals surface area contributed by atoms with Gasteiger partial charge >= 0.3 is 36.2 Å². The molecule has 3 heterocycles. The number of alkyl halides is 1. The number of nitrogens with zero attached hydrogens (tertiary/aromatic N) is 5. The van der Waals surface area contributed by atoms with Crippen LogP contribution in [0.25, 0.3) is 0 Å². The monoisotopic (exact) mass is 1050 g/mol. The molecule has 0 radical (unpaired) electrons. The van der Waals surface area contributed by atoms with Gasteiger partial charge in [0.15, 0.2) is 0 Å². The van der Waals surface area contributed by atoms with Crippen molar-refractivity contribution in [3.8, 4) is 0 Å². The van der Waals surface area contributed by atoms with Crippen LogP contribution in [0.4, 0.5) is 18.8 Å². The quantitative estimate of drug-likeness (QED) is 0.0371. The van der Waals surface area contributed by atoms with Crippen LogP contribution in [0.2, 0.25) is 0 Å². The number of ether oxygens (including phenoxy) is 3. The number of likely N-dealkylation sites (tertiary alicyclic amines) is 3. The second-order valence-electron chi connectivity index (χ2n) is 21.3. The Morgan fingerprint density at radius 3 is 1.22 bits per heavy atom. The summed E-state index contributed by atoms with van der Waals surface area (Å²) in [5, 5.41) is 33.1. The lowest BCUT2D eigenvalue weighted by molar-refractivity contribution is -0.149. The van der Waals surface area contributed by atoms with Crippen LogP contribution in [0, 0.1) is 25.7 Å². The molecule has 2 aromatic carbocycles. The van der Waals surface area contributed by atoms with E-state index in [2.05, 4.69) is 41.5 Å². The summed E-state index contributed by atoms with van der Waals surface area (Å²) in [6.07, 6.45) is 3.59. The number of carboxylic acids is 2. The van der Waals surface area contributed by atoms with Crippen molar-refractivity contribution in [2.45, 2.75) is 176 Å². The summed E-state index contributed by atoms with van der Waals surface area (Å²) < 4.78 is 31.1. The van der Waals surface area contributed by atoms with E-state index in [-0.39, 0.29) is 23.5 Å². The summed E-state index contributed by atoms with van der Waals surface area (Å²) in [5.41, 5.74) is 14.5. The average molecular weight is 1050 g/mol. The SMILES string of the molecule is CC(C)(C)OC(=O)N1CCC[C@H]1C(=O)O.CC(C)(C)OC(=O)N1CCC[C@H]1C(=O)O.Cc1ccc(C[C@H](C)/C(N)=N/O)cc1.Cc1ccc(C[C@H](C)/C(N)=N/OC(=O)[C@@H]2CCCN2C(=O)OC(C)(C)C)cc1.[2H]CF. The van der Waals surface area contributed by atoms with Gasteiger partial charge in [-0.1, -0.05) is 83.8 Å². The van der Waals surface area contributed by atoms with Gasteiger partial charge in [-0.15, -0.1) is 0 Å². The first kappa shape index (κ1) is 63.4. The molecule has 7 N–H and O–H groups in total. The van der Waals surface area contributed by atoms with Crippen molar-refractivity contribution in [1.82, 2.24) is 14.7 Å². The van der Waals surface area contributed by atoms with Crippen molar-refractivity contribution in [2.24, 2.45) is 33.6 Å². The number of halogens is 1. The van der Waals surface area contributed by atoms with Crippen LogP contribution in [0.1, 0.15) is 138 Å². The minimum absolute atomic E-state index is 0.0720. The zero-order chi connectivity index (χ0) is 57.4. The number of carbonyl (C=O) groups is 6. The van der Waals surface area contributed by atoms with Crippen molar-refractivity contribution < 1.29 is 69.0 Å². The van der Waals surface area contributed by atoms with Crippen LogP contribution in [-0.4, -0.2) is 140 Å². The van der Waals surface area contributed by atoms with Crippen LogP contribution in [-0.2, 0) is 46.3 Å². The topological polar surface area (TPSA) is 287 Å². The fourth-order valence-electron chi connectivity index (χ4n) is 7.39. The lowest BCUT2D eigenvalue weighted by Crippen LogP contribution is -2.43. The van der Waals surface area contributed by atoms with Gasteiger partial charge in [0, 0.05) is 31.5 Å². The molecule has 3 saturated heterocycles. The fraction of sp³-hybridized carbons (Fsp3) is 0.623. The summed E-state index contributed by atoms with van der Waals surface area (Å²) in [5.74, 6) is -1.99. The van der Waals surface area contributed by atoms with Crippen molar-refractivity contribution in [2.75, 3.05) is 26.8 Å². The zero-order valence-electron chi connectivity index (χ0n) is 46.7. The molecule has 2 aromatic rings. The fourth-order valence-corrected chi connectivity index (χ4v) is 7.39. The molecule has 0 aliphatic carbocycles. The van der Waals surface area contributed by atoms with Gasteiger partial charge in [0.2, 0.25) is 0 Å². The molecule has 5 rings (SSSR count). The Hall–Kier alpha value is -6.67. The molecule has 0 unspecified atom stereocenters. The molecule has 3 aliphatic heterocycles. The highest BCUT2D eigenvalue weighted by molar-refractivity contribution is 5.86. The third-order valence-electron chi connectivity index (χ3n) is 11.2. The third-order valence-corrected chi connectivity index (χ3v) is 11.2. The van der Waals surface area contributed by atoms with E-state index < -0.39 is 78.3 Å². The molecule has 0 saturated carbocycles. The Kier molecular flexibility index (Phi) is 26.2. The Morgan fingerprint density at radius 1 is 0.622 bits per heavy atom. The molecule has 5 atom stereocenters. The summed E-state index contributed by atoms with van der Waals surface area (Å²) in [6, 6.07) is 14.3. The minimum atomic E-state index is -1.00. The van der Waals surface area contributed by atoms with Crippen molar-refractivity contribution >= 4 is 47.9 Å². The van der Waals surface area contributed by atoms with Crippen LogP contribution in [0.5, 0.6) is 0 Å². The number of aryl methyl sites for hydroxylation is 2. The van der Waals surface area contributed by atoms with Crippen LogP contribution in [0.3, 0.4) is 0 Å². The maximum atomic E-state index is 12.4. The molecule has 20 nitrogen and oxygen atoms in total. The Morgan fingerprint density at radius 2 is 0.919 bits per heavy atom. The summed E-state index contributed by atoms with van der Waals surface area (Å²) in [7, 11) is -1.00. The van der Waals surface area contributed by atoms with E-state index >= 15 is 0 Å². The van der Waals surface area contributed by atoms with Crippen molar-refractivity contribution in [3.05, 3.63) is 70.8 Å². The number of amidine groups is 2. The van der Waals surface area contributed by atoms with Crippen LogP contribution < -0.4 is 11.5 Å². The van der Waals surface area contributed by atoms with Crippen LogP contribution in [0.15, 0.2) is 58.8 Å². The molecule has 3 amide bonds. The second kappa shape index (κ2) is 30.5. The number of benzene rings is 2. The first-order valence-corrected chi connectivity index (χ1v) is 24.7. The summed E-state index contributed by atoms with van der Waals surface area (Å²) in [4.78, 5) is 78.6. The molecule has 21 heteroatoms. The molecule has 0 bridgehead atoms. The van der Waals surface area contributed by atoms with Gasteiger partial charge in [-0.2, -0.15) is 0 Å². The number of rotatable bonds is 10. The number of amides is 3. The normalized spacial score (nSPS) is 18.7. The van der Waals surface area contributed by atoms with Crippen molar-refractivity contribution in [1.29, 1.82) is 0 Å². The maximum Gasteiger partial charge on any atom is 0.411 e. The molecular formula is C53H84FN7O13. The number of hydrogen-bond acceptors (Lipinski definition) is 13. The highest BCUT2D eigenvalue weighted by Gasteiger charge is 2.39. The molecule has 0 spiro atoms. The van der Waals surface area contributed by atoms with Gasteiger partial charge in [0.25, 0.3) is 0 Å². The Balaban J connectivity index is 0.000000515. The minimum Gasteiger partial charge on any atom is -0.480 e. The van der Waals surface area contributed by atoms with E-state index in [4.69, 9.17) is 47.3 Å². The van der Waals surface area contributed by atoms with Crippen molar-refractivity contribution in [3.63, 3.8) is 0 Å². The van der Waals surface area contributed by atoms with E-state index in [0.717, 1.165) is 24.8 Å². The average Bonchev–Trinajstić information content (AvgIpc) is 4.11. The first-order valence-electron chi connectivity index (χ1n) is 25.4. The number of carboxylic acid groups (broad SMARTS) is 2. The molecule has 74 heavy (non-hydrogen) atoms. The molecular weight excluding hydrogens is 962 g/mol. The molecule has 0 aromatic heterocycles. The highest BCUT2D eigenvalue weighted by atomic mass is 19.1. The molecule has 416 valence electrons. The number of oxime groups is 2. The smallest absolute Gasteiger partial charge is 0.411 e. The van der Waals surface area contributed by atoms with Gasteiger partial charge in [-0.05, 0) is 139 Å². The third kappa shape index (κ3) is 24.4. The number of aliphatic carboxylic acids is 2. The molecule has 3 aliphatic rings. The Labute approximate surface area is 437 Å². The zero-order valence-corrected chi connectivity index (χ0v) is 45.7. The first-order chi connectivity index (χ1) is 34.7. The van der Waals surface area contributed by atoms with Crippen LogP contribution >= 0.6 is 0 Å². The number of carbonyl (C=O) groups excluding carboxylic acids is 4. The summed E-state index contributed by atoms with van der Waals surface area (Å²) >= 11 is 0. The van der Waals surface area contributed by atoms with E-state index in [1.807, 2.05) is 45.0 Å². The van der Waals surface area contributed by atoms with Gasteiger partial charge in [0.05, 0.1) is 8.52 Å². The van der Waals surface area contributed by atoms with Gasteiger partial charge < -0.3 is 45.9 Å². The van der Waals surface area contributed by atoms with E-state index in [1.165, 1.54) is 31.4 Å². The maximum absolute atomic E-state index is 12.4. The van der Waals surface area contributed by atoms with E-state index in [9.17, 15) is 33.2 Å². The molecule has 3 fully saturated rings. The summed E-state index contributed by atoms with van der Waals surface area (Å²) in [6.45, 7) is 25.3. The second-order valence-corrected chi connectivity index (χ2v) is 21.3. The Bertz CT molecular complexity index is 2140. The predicted molar refractivity (Wildman–Crippen MR) is 279 cm³/mol. The standard InChI is InChI=1S/C21H31N3O4.C11H16N2O.2C10H17NO4.CH3F/c1-14-8-10-16(11-9-14)13-15(2)18(22)23-28-19(25)17-7-6-12-24(17)20(26)27-21(3,4)5;1-8-3-5-10(6-4-8)7-9(2)11(12)13-14;2*1-10(2,3)15-9(14)11-6-4-5-7(11)8(12)13;1-2/h8-11,15,17H,6-7,12-13H2,1-5H3,(H2,22,23);3-6,9,14H,7H2,1-2H3,(H2,12,13);2*7H,4-6H2,1-3H3,(H,12,13);1H3/t15-,17-;9-;2*7-;/m0000./s1/i;;;;1D. The van der Waals surface area contributed by atoms with Gasteiger partial charge in [-0.25, -0.2) is 28.8 Å². The highest BCUT2D eigenvalue weighted by Crippen LogP contribution is 2.24.